The number of sulfonamides is 1. The van der Waals surface area contributed by atoms with Crippen LogP contribution < -0.4 is 14.4 Å². The molecular formula is C27H29FN2O7S2. The van der Waals surface area contributed by atoms with E-state index in [0.29, 0.717) is 53.2 Å². The van der Waals surface area contributed by atoms with E-state index in [0.717, 1.165) is 11.3 Å². The van der Waals surface area contributed by atoms with Gasteiger partial charge in [0.25, 0.3) is 0 Å². The van der Waals surface area contributed by atoms with Crippen molar-refractivity contribution in [2.45, 2.75) is 31.6 Å². The van der Waals surface area contributed by atoms with Crippen LogP contribution in [0.15, 0.2) is 48.5 Å². The number of benzene rings is 2. The Kier molecular flexibility index (Phi) is 8.88. The predicted molar refractivity (Wildman–Crippen MR) is 146 cm³/mol. The van der Waals surface area contributed by atoms with Crippen molar-refractivity contribution in [1.82, 2.24) is 5.32 Å². The molecule has 0 unspecified atom stereocenters. The van der Waals surface area contributed by atoms with E-state index < -0.39 is 34.4 Å². The van der Waals surface area contributed by atoms with Gasteiger partial charge in [-0.1, -0.05) is 24.3 Å². The monoisotopic (exact) mass is 576 g/mol. The molecule has 1 fully saturated rings. The van der Waals surface area contributed by atoms with Gasteiger partial charge in [0.05, 0.1) is 18.6 Å². The van der Waals surface area contributed by atoms with Gasteiger partial charge in [0.15, 0.2) is 11.5 Å². The molecule has 2 heterocycles. The molecule has 0 spiro atoms. The van der Waals surface area contributed by atoms with Crippen molar-refractivity contribution in [2.24, 2.45) is 0 Å². The van der Waals surface area contributed by atoms with Gasteiger partial charge >= 0.3 is 11.9 Å². The number of thiophene rings is 1. The van der Waals surface area contributed by atoms with Crippen LogP contribution in [-0.4, -0.2) is 58.3 Å². The van der Waals surface area contributed by atoms with Gasteiger partial charge in [-0.05, 0) is 68.2 Å². The number of nitrogens with one attached hydrogen (secondary N) is 1. The molecule has 3 aromatic rings. The van der Waals surface area contributed by atoms with Crippen LogP contribution in [0.1, 0.15) is 33.6 Å². The first kappa shape index (κ1) is 28.5. The Morgan fingerprint density at radius 3 is 2.54 bits per heavy atom. The van der Waals surface area contributed by atoms with Crippen LogP contribution in [0.4, 0.5) is 10.1 Å². The van der Waals surface area contributed by atoms with Crippen molar-refractivity contribution in [1.29, 1.82) is 0 Å². The molecular weight excluding hydrogens is 547 g/mol. The SMILES string of the molecule is COC(=O)c1sc(-c2cccc(N(C3CCNCC3)S(=O)(=O)Cc3cccc(F)c3)c2)c(C)c1OCC(=O)O. The van der Waals surface area contributed by atoms with Gasteiger partial charge in [-0.2, -0.15) is 0 Å². The number of rotatable bonds is 10. The highest BCUT2D eigenvalue weighted by Gasteiger charge is 2.32. The standard InChI is InChI=1S/C27H29FN2O7S2/c1-17-24(37-15-23(31)32)26(27(33)36-2)38-25(17)19-6-4-8-22(14-19)30(21-9-11-29-12-10-21)39(34,35)16-18-5-3-7-20(28)13-18/h3-8,13-14,21,29H,9-12,15-16H2,1-2H3,(H,31,32). The number of carboxylic acid groups (broad SMARTS) is 1. The Labute approximate surface area is 230 Å². The summed E-state index contributed by atoms with van der Waals surface area (Å²) in [7, 11) is -2.69. The van der Waals surface area contributed by atoms with Crippen LogP contribution in [-0.2, 0) is 25.3 Å². The summed E-state index contributed by atoms with van der Waals surface area (Å²) in [5.74, 6) is -2.62. The zero-order chi connectivity index (χ0) is 28.2. The molecule has 1 saturated heterocycles. The van der Waals surface area contributed by atoms with Crippen molar-refractivity contribution >= 4 is 39.0 Å². The van der Waals surface area contributed by atoms with E-state index in [9.17, 15) is 22.4 Å². The highest BCUT2D eigenvalue weighted by molar-refractivity contribution is 7.92. The van der Waals surface area contributed by atoms with Crippen molar-refractivity contribution < 1.29 is 37.0 Å². The molecule has 1 aliphatic heterocycles. The second kappa shape index (κ2) is 12.1. The number of anilines is 1. The maximum absolute atomic E-state index is 13.8. The van der Waals surface area contributed by atoms with Crippen LogP contribution >= 0.6 is 11.3 Å². The number of carbonyl (C=O) groups excluding carboxylic acids is 1. The summed E-state index contributed by atoms with van der Waals surface area (Å²) < 4.78 is 53.2. The summed E-state index contributed by atoms with van der Waals surface area (Å²) >= 11 is 1.08. The highest BCUT2D eigenvalue weighted by Crippen LogP contribution is 2.43. The third-order valence-corrected chi connectivity index (χ3v) is 9.45. The van der Waals surface area contributed by atoms with Crippen molar-refractivity contribution in [2.75, 3.05) is 31.1 Å². The molecule has 1 aromatic heterocycles. The van der Waals surface area contributed by atoms with Crippen LogP contribution in [0.5, 0.6) is 5.75 Å². The molecule has 39 heavy (non-hydrogen) atoms. The molecule has 0 amide bonds. The average Bonchev–Trinajstić information content (AvgIpc) is 3.23. The molecule has 2 N–H and O–H groups in total. The topological polar surface area (TPSA) is 122 Å². The number of nitrogens with zero attached hydrogens (tertiary/aromatic N) is 1. The largest absolute Gasteiger partial charge is 0.480 e. The van der Waals surface area contributed by atoms with Crippen LogP contribution in [0, 0.1) is 12.7 Å². The normalized spacial score (nSPS) is 14.1. The van der Waals surface area contributed by atoms with Crippen molar-refractivity contribution in [3.63, 3.8) is 0 Å². The number of halogens is 1. The van der Waals surface area contributed by atoms with Gasteiger partial charge in [-0.15, -0.1) is 11.3 Å². The summed E-state index contributed by atoms with van der Waals surface area (Å²) in [6, 6.07) is 12.2. The van der Waals surface area contributed by atoms with Gasteiger partial charge < -0.3 is 19.9 Å². The predicted octanol–water partition coefficient (Wildman–Crippen LogP) is 4.20. The van der Waals surface area contributed by atoms with E-state index in [4.69, 9.17) is 14.6 Å². The third-order valence-electron chi connectivity index (χ3n) is 6.34. The minimum absolute atomic E-state index is 0.114. The van der Waals surface area contributed by atoms with Gasteiger partial charge in [-0.3, -0.25) is 4.31 Å². The average molecular weight is 577 g/mol. The summed E-state index contributed by atoms with van der Waals surface area (Å²) in [4.78, 5) is 24.3. The summed E-state index contributed by atoms with van der Waals surface area (Å²) in [6.45, 7) is 2.39. The number of carbonyl (C=O) groups is 2. The molecule has 1 aliphatic rings. The van der Waals surface area contributed by atoms with E-state index in [1.165, 1.54) is 29.6 Å². The minimum Gasteiger partial charge on any atom is -0.480 e. The van der Waals surface area contributed by atoms with Crippen LogP contribution in [0.2, 0.25) is 0 Å². The Morgan fingerprint density at radius 2 is 1.87 bits per heavy atom. The lowest BCUT2D eigenvalue weighted by Crippen LogP contribution is -2.46. The molecule has 4 rings (SSSR count). The molecule has 0 bridgehead atoms. The van der Waals surface area contributed by atoms with Crippen molar-refractivity contribution in [3.8, 4) is 16.2 Å². The fraction of sp³-hybridized carbons (Fsp3) is 0.333. The molecule has 0 saturated carbocycles. The molecule has 9 nitrogen and oxygen atoms in total. The Hall–Kier alpha value is -3.48. The maximum Gasteiger partial charge on any atom is 0.351 e. The lowest BCUT2D eigenvalue weighted by atomic mass is 10.0. The maximum atomic E-state index is 13.8. The van der Waals surface area contributed by atoms with Gasteiger partial charge in [0.2, 0.25) is 10.0 Å². The molecule has 0 atom stereocenters. The third kappa shape index (κ3) is 6.57. The molecule has 0 aliphatic carbocycles. The number of aliphatic carboxylic acids is 1. The van der Waals surface area contributed by atoms with E-state index in [2.05, 4.69) is 5.32 Å². The smallest absolute Gasteiger partial charge is 0.351 e. The Morgan fingerprint density at radius 1 is 1.15 bits per heavy atom. The van der Waals surface area contributed by atoms with Gasteiger partial charge in [0, 0.05) is 16.5 Å². The number of methoxy groups -OCH3 is 1. The van der Waals surface area contributed by atoms with E-state index in [1.807, 2.05) is 0 Å². The number of carboxylic acids is 1. The molecule has 208 valence electrons. The lowest BCUT2D eigenvalue weighted by molar-refractivity contribution is -0.139. The van der Waals surface area contributed by atoms with E-state index in [1.54, 1.807) is 37.3 Å². The quantitative estimate of drug-likeness (QED) is 0.345. The number of piperidine rings is 1. The van der Waals surface area contributed by atoms with Crippen LogP contribution in [0.3, 0.4) is 0 Å². The number of ether oxygens (including phenoxy) is 2. The van der Waals surface area contributed by atoms with Gasteiger partial charge in [0.1, 0.15) is 11.6 Å². The summed E-state index contributed by atoms with van der Waals surface area (Å²) in [5.41, 5.74) is 1.96. The van der Waals surface area contributed by atoms with E-state index >= 15 is 0 Å². The molecule has 0 radical (unpaired) electrons. The second-order valence-corrected chi connectivity index (χ2v) is 12.0. The molecule has 2 aromatic carbocycles. The fourth-order valence-electron chi connectivity index (χ4n) is 4.64. The first-order chi connectivity index (χ1) is 18.6. The number of esters is 1. The van der Waals surface area contributed by atoms with Gasteiger partial charge in [-0.25, -0.2) is 22.4 Å². The first-order valence-corrected chi connectivity index (χ1v) is 14.7. The first-order valence-electron chi connectivity index (χ1n) is 12.2. The highest BCUT2D eigenvalue weighted by atomic mass is 32.2. The zero-order valence-electron chi connectivity index (χ0n) is 21.5. The minimum atomic E-state index is -3.91. The second-order valence-electron chi connectivity index (χ2n) is 9.10. The number of hydrogen-bond acceptors (Lipinski definition) is 8. The summed E-state index contributed by atoms with van der Waals surface area (Å²) in [5, 5.41) is 12.3. The fourth-order valence-corrected chi connectivity index (χ4v) is 7.65. The Bertz CT molecular complexity index is 1470. The zero-order valence-corrected chi connectivity index (χ0v) is 23.1. The van der Waals surface area contributed by atoms with E-state index in [-0.39, 0.29) is 22.4 Å². The lowest BCUT2D eigenvalue weighted by Gasteiger charge is -2.35. The molecule has 12 heteroatoms. The summed E-state index contributed by atoms with van der Waals surface area (Å²) in [6.07, 6.45) is 1.20. The van der Waals surface area contributed by atoms with Crippen molar-refractivity contribution in [3.05, 3.63) is 70.4 Å². The number of hydrogen-bond donors (Lipinski definition) is 2. The Balaban J connectivity index is 1.77. The van der Waals surface area contributed by atoms with Crippen LogP contribution in [0.25, 0.3) is 10.4 Å².